The Labute approximate surface area is 234 Å². The van der Waals surface area contributed by atoms with Gasteiger partial charge < -0.3 is 5.11 Å². The lowest BCUT2D eigenvalue weighted by Gasteiger charge is -2.33. The molecule has 0 heterocycles. The summed E-state index contributed by atoms with van der Waals surface area (Å²) in [7, 11) is 2.22. The Balaban J connectivity index is 1.12. The maximum atomic E-state index is 10.6. The van der Waals surface area contributed by atoms with Gasteiger partial charge >= 0.3 is 0 Å². The minimum absolute atomic E-state index is 0.0175. The molecule has 3 aliphatic carbocycles. The van der Waals surface area contributed by atoms with Gasteiger partial charge in [0.05, 0.1) is 0 Å². The molecule has 0 aromatic heterocycles. The molecule has 0 radical (unpaired) electrons. The zero-order valence-corrected chi connectivity index (χ0v) is 23.4. The molecule has 0 atom stereocenters. The van der Waals surface area contributed by atoms with Gasteiger partial charge in [0.15, 0.2) is 0 Å². The summed E-state index contributed by atoms with van der Waals surface area (Å²) in [5.74, 6) is 0.395. The first-order valence-electron chi connectivity index (χ1n) is 15.3. The van der Waals surface area contributed by atoms with Crippen LogP contribution in [0.3, 0.4) is 0 Å². The van der Waals surface area contributed by atoms with Gasteiger partial charge in [-0.05, 0) is 132 Å². The van der Waals surface area contributed by atoms with Crippen LogP contribution in [0, 0.1) is 0 Å². The first-order valence-corrected chi connectivity index (χ1v) is 15.3. The van der Waals surface area contributed by atoms with Crippen molar-refractivity contribution in [2.45, 2.75) is 82.5 Å². The number of phenols is 1. The summed E-state index contributed by atoms with van der Waals surface area (Å²) < 4.78 is 0. The van der Waals surface area contributed by atoms with Gasteiger partial charge in [0.2, 0.25) is 0 Å². The molecular weight excluding hydrogens is 471 g/mol. The van der Waals surface area contributed by atoms with Crippen molar-refractivity contribution >= 4 is 13.3 Å². The summed E-state index contributed by atoms with van der Waals surface area (Å²) in [4.78, 5) is 0. The fraction of sp³-hybridized carbons (Fsp3) is 0.351. The lowest BCUT2D eigenvalue weighted by atomic mass is 9.69. The predicted octanol–water partition coefficient (Wildman–Crippen LogP) is 6.94. The van der Waals surface area contributed by atoms with Gasteiger partial charge in [0, 0.05) is 5.41 Å². The Hall–Kier alpha value is -3.26. The van der Waals surface area contributed by atoms with E-state index in [2.05, 4.69) is 74.6 Å². The lowest BCUT2D eigenvalue weighted by Crippen LogP contribution is -2.27. The molecule has 4 aromatic carbocycles. The normalized spacial score (nSPS) is 15.5. The number of unbranched alkanes of at least 4 members (excludes halogenated alkanes) is 2. The monoisotopic (exact) mass is 510 g/mol. The summed E-state index contributed by atoms with van der Waals surface area (Å²) in [6.45, 7) is 0. The van der Waals surface area contributed by atoms with Crippen molar-refractivity contribution in [3.05, 3.63) is 117 Å². The summed E-state index contributed by atoms with van der Waals surface area (Å²) in [6.07, 6.45) is 14.5. The predicted molar refractivity (Wildman–Crippen MR) is 165 cm³/mol. The number of hydrogen-bond donors (Lipinski definition) is 1. The third-order valence-electron chi connectivity index (χ3n) is 10.0. The van der Waals surface area contributed by atoms with Crippen LogP contribution in [-0.2, 0) is 43.9 Å². The van der Waals surface area contributed by atoms with Gasteiger partial charge in [0.1, 0.15) is 13.6 Å². The highest BCUT2D eigenvalue weighted by molar-refractivity contribution is 6.32. The SMILES string of the molecule is Bc1ccc2c(c1)C(CCCCc1ccc3c(c1)CC3)(CCCCc1ccc3c(c1)CC3)c1cc(O)ccc1-2. The number of phenolic OH excluding ortho intramolecular Hbond substituents is 1. The number of hydrogen-bond acceptors (Lipinski definition) is 1. The van der Waals surface area contributed by atoms with Gasteiger partial charge in [0.25, 0.3) is 0 Å². The summed E-state index contributed by atoms with van der Waals surface area (Å²) in [5.41, 5.74) is 16.1. The van der Waals surface area contributed by atoms with Crippen LogP contribution in [0.25, 0.3) is 11.1 Å². The Morgan fingerprint density at radius 3 is 1.64 bits per heavy atom. The van der Waals surface area contributed by atoms with E-state index in [1.807, 2.05) is 6.07 Å². The maximum absolute atomic E-state index is 10.6. The smallest absolute Gasteiger partial charge is 0.139 e. The number of aromatic hydroxyl groups is 1. The molecule has 2 heteroatoms. The first kappa shape index (κ1) is 24.8. The van der Waals surface area contributed by atoms with Gasteiger partial charge in [-0.2, -0.15) is 0 Å². The second-order valence-corrected chi connectivity index (χ2v) is 12.5. The number of aryl methyl sites for hydroxylation is 6. The highest BCUT2D eigenvalue weighted by Crippen LogP contribution is 2.54. The molecule has 196 valence electrons. The number of fused-ring (bicyclic) bond motifs is 5. The van der Waals surface area contributed by atoms with E-state index in [1.54, 1.807) is 22.3 Å². The van der Waals surface area contributed by atoms with Gasteiger partial charge in [-0.3, -0.25) is 0 Å². The van der Waals surface area contributed by atoms with E-state index in [0.29, 0.717) is 5.75 Å². The van der Waals surface area contributed by atoms with Gasteiger partial charge in [-0.1, -0.05) is 79.0 Å². The Morgan fingerprint density at radius 1 is 0.564 bits per heavy atom. The number of benzene rings is 4. The number of rotatable bonds is 10. The topological polar surface area (TPSA) is 20.2 Å². The van der Waals surface area contributed by atoms with Crippen molar-refractivity contribution in [3.63, 3.8) is 0 Å². The standard InChI is InChI=1S/C37H39BO/c38-31-15-17-33-34-18-16-32(39)24-36(34)37(35(33)23-31,19-3-1-5-25-7-9-27-11-13-29(27)21-25)20-4-2-6-26-8-10-28-12-14-30(28)22-26/h7-10,15-18,21-24,39H,1-6,11-14,19-20,38H2. The van der Waals surface area contributed by atoms with Crippen molar-refractivity contribution in [2.24, 2.45) is 0 Å². The summed E-state index contributed by atoms with van der Waals surface area (Å²) >= 11 is 0. The molecule has 1 N–H and O–H groups in total. The Kier molecular flexibility index (Phi) is 6.38. The Bertz CT molecular complexity index is 1430. The van der Waals surface area contributed by atoms with Crippen LogP contribution in [0.2, 0.25) is 0 Å². The van der Waals surface area contributed by atoms with E-state index in [4.69, 9.17) is 0 Å². The van der Waals surface area contributed by atoms with Crippen molar-refractivity contribution in [1.82, 2.24) is 0 Å². The minimum atomic E-state index is -0.0175. The highest BCUT2D eigenvalue weighted by Gasteiger charge is 2.42. The van der Waals surface area contributed by atoms with Gasteiger partial charge in [-0.15, -0.1) is 0 Å². The highest BCUT2D eigenvalue weighted by atomic mass is 16.3. The second-order valence-electron chi connectivity index (χ2n) is 12.5. The van der Waals surface area contributed by atoms with Crippen molar-refractivity contribution < 1.29 is 5.11 Å². The molecule has 0 fully saturated rings. The summed E-state index contributed by atoms with van der Waals surface area (Å²) in [6, 6.07) is 27.4. The van der Waals surface area contributed by atoms with Gasteiger partial charge in [-0.25, -0.2) is 0 Å². The quantitative estimate of drug-likeness (QED) is 0.181. The van der Waals surface area contributed by atoms with E-state index in [0.717, 1.165) is 25.7 Å². The molecule has 0 aliphatic heterocycles. The molecule has 4 aromatic rings. The van der Waals surface area contributed by atoms with E-state index in [9.17, 15) is 5.11 Å². The van der Waals surface area contributed by atoms with Crippen molar-refractivity contribution in [2.75, 3.05) is 0 Å². The molecule has 39 heavy (non-hydrogen) atoms. The van der Waals surface area contributed by atoms with E-state index in [-0.39, 0.29) is 5.41 Å². The van der Waals surface area contributed by atoms with Crippen LogP contribution in [0.5, 0.6) is 5.75 Å². The third kappa shape index (κ3) is 4.52. The van der Waals surface area contributed by atoms with E-state index < -0.39 is 0 Å². The van der Waals surface area contributed by atoms with Crippen LogP contribution in [-0.4, -0.2) is 13.0 Å². The molecule has 0 saturated carbocycles. The van der Waals surface area contributed by atoms with E-state index >= 15 is 0 Å². The largest absolute Gasteiger partial charge is 0.508 e. The fourth-order valence-electron chi connectivity index (χ4n) is 7.58. The fourth-order valence-corrected chi connectivity index (χ4v) is 7.58. The molecule has 7 rings (SSSR count). The molecule has 0 unspecified atom stereocenters. The van der Waals surface area contributed by atoms with Crippen LogP contribution >= 0.6 is 0 Å². The zero-order valence-electron chi connectivity index (χ0n) is 23.4. The average molecular weight is 511 g/mol. The molecule has 0 saturated heterocycles. The van der Waals surface area contributed by atoms with Crippen LogP contribution < -0.4 is 5.46 Å². The Morgan fingerprint density at radius 2 is 1.10 bits per heavy atom. The molecule has 0 bridgehead atoms. The molecule has 0 spiro atoms. The third-order valence-corrected chi connectivity index (χ3v) is 10.0. The molecule has 0 amide bonds. The molecule has 1 nitrogen and oxygen atoms in total. The lowest BCUT2D eigenvalue weighted by molar-refractivity contribution is 0.404. The second kappa shape index (κ2) is 10.0. The van der Waals surface area contributed by atoms with Crippen molar-refractivity contribution in [3.8, 4) is 16.9 Å². The average Bonchev–Trinajstić information content (AvgIpc) is 3.15. The zero-order chi connectivity index (χ0) is 26.4. The molecular formula is C37H39BO. The van der Waals surface area contributed by atoms with Crippen LogP contribution in [0.1, 0.15) is 83.0 Å². The van der Waals surface area contributed by atoms with Crippen LogP contribution in [0.15, 0.2) is 72.8 Å². The maximum Gasteiger partial charge on any atom is 0.139 e. The van der Waals surface area contributed by atoms with Crippen LogP contribution in [0.4, 0.5) is 0 Å². The van der Waals surface area contributed by atoms with E-state index in [1.165, 1.54) is 90.2 Å². The van der Waals surface area contributed by atoms with Crippen molar-refractivity contribution in [1.29, 1.82) is 0 Å². The molecule has 3 aliphatic rings. The summed E-state index contributed by atoms with van der Waals surface area (Å²) in [5, 5.41) is 10.6. The minimum Gasteiger partial charge on any atom is -0.508 e. The first-order chi connectivity index (χ1) is 19.1.